The van der Waals surface area contributed by atoms with Crippen LogP contribution in [0.4, 0.5) is 13.2 Å². The maximum atomic E-state index is 12.1. The summed E-state index contributed by atoms with van der Waals surface area (Å²) in [6.45, 7) is 0. The maximum Gasteiger partial charge on any atom is 0.390 e. The molecule has 1 atom stereocenters. The van der Waals surface area contributed by atoms with Crippen LogP contribution in [0.3, 0.4) is 0 Å². The van der Waals surface area contributed by atoms with Crippen molar-refractivity contribution in [1.82, 2.24) is 0 Å². The van der Waals surface area contributed by atoms with Gasteiger partial charge in [0.1, 0.15) is 0 Å². The highest BCUT2D eigenvalue weighted by molar-refractivity contribution is 9.10. The molecule has 0 spiro atoms. The second-order valence-corrected chi connectivity index (χ2v) is 4.36. The molecule has 1 nitrogen and oxygen atoms in total. The van der Waals surface area contributed by atoms with E-state index in [4.69, 9.17) is 17.3 Å². The molecule has 0 aliphatic carbocycles. The zero-order chi connectivity index (χ0) is 11.6. The Morgan fingerprint density at radius 2 is 2.00 bits per heavy atom. The summed E-state index contributed by atoms with van der Waals surface area (Å²) < 4.78 is 36.7. The Morgan fingerprint density at radius 3 is 2.47 bits per heavy atom. The van der Waals surface area contributed by atoms with Crippen LogP contribution in [-0.2, 0) is 0 Å². The van der Waals surface area contributed by atoms with Gasteiger partial charge in [0.2, 0.25) is 0 Å². The summed E-state index contributed by atoms with van der Waals surface area (Å²) in [5.74, 6) is 0. The van der Waals surface area contributed by atoms with Gasteiger partial charge in [0.15, 0.2) is 0 Å². The van der Waals surface area contributed by atoms with Crippen molar-refractivity contribution in [2.45, 2.75) is 18.6 Å². The number of hydrogen-bond acceptors (Lipinski definition) is 1. The fraction of sp³-hybridized carbons (Fsp3) is 0.333. The molecule has 15 heavy (non-hydrogen) atoms. The van der Waals surface area contributed by atoms with E-state index in [1.54, 1.807) is 0 Å². The van der Waals surface area contributed by atoms with Crippen LogP contribution in [0.5, 0.6) is 0 Å². The molecule has 0 aliphatic rings. The molecule has 0 bridgehead atoms. The zero-order valence-electron chi connectivity index (χ0n) is 7.48. The molecular formula is C9H8BrClF3N. The van der Waals surface area contributed by atoms with E-state index in [0.29, 0.717) is 15.1 Å². The van der Waals surface area contributed by atoms with Crippen LogP contribution in [0, 0.1) is 0 Å². The first-order valence-electron chi connectivity index (χ1n) is 4.07. The van der Waals surface area contributed by atoms with Gasteiger partial charge in [0, 0.05) is 10.5 Å². The minimum absolute atomic E-state index is 0.406. The van der Waals surface area contributed by atoms with Crippen molar-refractivity contribution in [2.24, 2.45) is 5.73 Å². The van der Waals surface area contributed by atoms with E-state index in [0.717, 1.165) is 0 Å². The lowest BCUT2D eigenvalue weighted by Gasteiger charge is -2.14. The minimum Gasteiger partial charge on any atom is -0.324 e. The van der Waals surface area contributed by atoms with Gasteiger partial charge in [-0.1, -0.05) is 17.7 Å². The van der Waals surface area contributed by atoms with Crippen LogP contribution < -0.4 is 5.73 Å². The van der Waals surface area contributed by atoms with E-state index in [9.17, 15) is 13.2 Å². The lowest BCUT2D eigenvalue weighted by atomic mass is 10.0. The van der Waals surface area contributed by atoms with Crippen molar-refractivity contribution in [3.8, 4) is 0 Å². The molecule has 0 fully saturated rings. The molecule has 0 radical (unpaired) electrons. The standard InChI is InChI=1S/C9H8BrClF3N/c10-6-3-5(1-2-7(6)11)8(15)4-9(12,13)14/h1-3,8H,4,15H2. The zero-order valence-corrected chi connectivity index (χ0v) is 9.83. The van der Waals surface area contributed by atoms with Gasteiger partial charge < -0.3 is 5.73 Å². The van der Waals surface area contributed by atoms with Crippen LogP contribution in [-0.4, -0.2) is 6.18 Å². The fourth-order valence-electron chi connectivity index (χ4n) is 1.11. The van der Waals surface area contributed by atoms with E-state index >= 15 is 0 Å². The van der Waals surface area contributed by atoms with Crippen molar-refractivity contribution >= 4 is 27.5 Å². The molecule has 2 N–H and O–H groups in total. The summed E-state index contributed by atoms with van der Waals surface area (Å²) in [6.07, 6.45) is -5.30. The fourth-order valence-corrected chi connectivity index (χ4v) is 1.62. The number of hydrogen-bond donors (Lipinski definition) is 1. The summed E-state index contributed by atoms with van der Waals surface area (Å²) in [4.78, 5) is 0. The van der Waals surface area contributed by atoms with Gasteiger partial charge in [-0.05, 0) is 33.6 Å². The van der Waals surface area contributed by atoms with Gasteiger partial charge in [-0.3, -0.25) is 0 Å². The molecule has 1 aromatic carbocycles. The Balaban J connectivity index is 2.83. The van der Waals surface area contributed by atoms with Crippen molar-refractivity contribution in [3.05, 3.63) is 33.3 Å². The highest BCUT2D eigenvalue weighted by Crippen LogP contribution is 2.31. The first kappa shape index (κ1) is 12.8. The first-order valence-corrected chi connectivity index (χ1v) is 5.24. The van der Waals surface area contributed by atoms with Crippen molar-refractivity contribution < 1.29 is 13.2 Å². The summed E-state index contributed by atoms with van der Waals surface area (Å²) in [5, 5.41) is 0.443. The van der Waals surface area contributed by atoms with Gasteiger partial charge in [0.05, 0.1) is 11.4 Å². The summed E-state index contributed by atoms with van der Waals surface area (Å²) in [7, 11) is 0. The minimum atomic E-state index is -4.26. The third kappa shape index (κ3) is 4.01. The van der Waals surface area contributed by atoms with Crippen molar-refractivity contribution in [2.75, 3.05) is 0 Å². The quantitative estimate of drug-likeness (QED) is 0.876. The lowest BCUT2D eigenvalue weighted by Crippen LogP contribution is -2.20. The summed E-state index contributed by atoms with van der Waals surface area (Å²) in [5.41, 5.74) is 5.82. The van der Waals surface area contributed by atoms with Crippen LogP contribution in [0.1, 0.15) is 18.0 Å². The molecule has 1 rings (SSSR count). The Kier molecular flexibility index (Phi) is 4.03. The topological polar surface area (TPSA) is 26.0 Å². The predicted octanol–water partition coefficient (Wildman–Crippen LogP) is 4.05. The first-order chi connectivity index (χ1) is 6.79. The largest absolute Gasteiger partial charge is 0.390 e. The molecule has 1 aromatic rings. The molecule has 0 heterocycles. The second kappa shape index (κ2) is 4.72. The molecule has 6 heteroatoms. The van der Waals surface area contributed by atoms with E-state index in [2.05, 4.69) is 15.9 Å². The molecule has 0 saturated carbocycles. The van der Waals surface area contributed by atoms with Gasteiger partial charge in [-0.15, -0.1) is 0 Å². The normalized spacial score (nSPS) is 14.0. The number of nitrogens with two attached hydrogens (primary N) is 1. The molecule has 84 valence electrons. The number of benzene rings is 1. The molecule has 0 amide bonds. The van der Waals surface area contributed by atoms with E-state index in [1.807, 2.05) is 0 Å². The molecule has 1 unspecified atom stereocenters. The Hall–Kier alpha value is -0.260. The number of halogens is 5. The molecule has 0 aliphatic heterocycles. The highest BCUT2D eigenvalue weighted by Gasteiger charge is 2.30. The molecule has 0 aromatic heterocycles. The van der Waals surface area contributed by atoms with Gasteiger partial charge in [-0.25, -0.2) is 0 Å². The van der Waals surface area contributed by atoms with Crippen molar-refractivity contribution in [3.63, 3.8) is 0 Å². The third-order valence-electron chi connectivity index (χ3n) is 1.82. The van der Waals surface area contributed by atoms with Gasteiger partial charge in [-0.2, -0.15) is 13.2 Å². The van der Waals surface area contributed by atoms with Gasteiger partial charge >= 0.3 is 6.18 Å². The van der Waals surface area contributed by atoms with Crippen LogP contribution in [0.15, 0.2) is 22.7 Å². The average molecular weight is 303 g/mol. The Bertz CT molecular complexity index is 354. The average Bonchev–Trinajstić information content (AvgIpc) is 2.06. The van der Waals surface area contributed by atoms with E-state index in [1.165, 1.54) is 18.2 Å². The van der Waals surface area contributed by atoms with Gasteiger partial charge in [0.25, 0.3) is 0 Å². The van der Waals surface area contributed by atoms with Crippen LogP contribution in [0.25, 0.3) is 0 Å². The smallest absolute Gasteiger partial charge is 0.324 e. The second-order valence-electron chi connectivity index (χ2n) is 3.10. The highest BCUT2D eigenvalue weighted by atomic mass is 79.9. The lowest BCUT2D eigenvalue weighted by molar-refractivity contribution is -0.138. The summed E-state index contributed by atoms with van der Waals surface area (Å²) in [6, 6.07) is 3.44. The monoisotopic (exact) mass is 301 g/mol. The number of alkyl halides is 3. The Labute approximate surface area is 98.5 Å². The third-order valence-corrected chi connectivity index (χ3v) is 3.04. The molecular weight excluding hydrogens is 294 g/mol. The van der Waals surface area contributed by atoms with Crippen LogP contribution in [0.2, 0.25) is 5.02 Å². The number of rotatable bonds is 2. The van der Waals surface area contributed by atoms with E-state index < -0.39 is 18.6 Å². The van der Waals surface area contributed by atoms with Crippen LogP contribution >= 0.6 is 27.5 Å². The molecule has 0 saturated heterocycles. The SMILES string of the molecule is NC(CC(F)(F)F)c1ccc(Cl)c(Br)c1. The van der Waals surface area contributed by atoms with Crippen molar-refractivity contribution in [1.29, 1.82) is 0 Å². The summed E-state index contributed by atoms with van der Waals surface area (Å²) >= 11 is 8.83. The van der Waals surface area contributed by atoms with E-state index in [-0.39, 0.29) is 0 Å². The Morgan fingerprint density at radius 1 is 1.40 bits per heavy atom. The predicted molar refractivity (Wildman–Crippen MR) is 56.8 cm³/mol. The maximum absolute atomic E-state index is 12.1.